The molecule has 19 heavy (non-hydrogen) atoms. The van der Waals surface area contributed by atoms with Gasteiger partial charge in [-0.15, -0.1) is 0 Å². The molecule has 3 rings (SSSR count). The lowest BCUT2D eigenvalue weighted by atomic mass is 10.1. The lowest BCUT2D eigenvalue weighted by Gasteiger charge is -2.29. The van der Waals surface area contributed by atoms with E-state index in [1.54, 1.807) is 12.1 Å². The minimum Gasteiger partial charge on any atom is -0.369 e. The number of hydrogen-bond donors (Lipinski definition) is 0. The van der Waals surface area contributed by atoms with Crippen molar-refractivity contribution in [3.8, 4) is 11.1 Å². The normalized spacial score (nSPS) is 15.8. The van der Waals surface area contributed by atoms with Crippen LogP contribution in [0.1, 0.15) is 19.3 Å². The molecule has 0 radical (unpaired) electrons. The molecule has 0 N–H and O–H groups in total. The second kappa shape index (κ2) is 4.99. The first-order valence-electron chi connectivity index (χ1n) is 6.40. The molecule has 0 atom stereocenters. The fraction of sp³-hybridized carbons (Fsp3) is 0.357. The van der Waals surface area contributed by atoms with Crippen LogP contribution in [-0.4, -0.2) is 18.2 Å². The van der Waals surface area contributed by atoms with E-state index in [4.69, 9.17) is 0 Å². The highest BCUT2D eigenvalue weighted by atomic mass is 19.2. The van der Waals surface area contributed by atoms with Gasteiger partial charge >= 0.3 is 0 Å². The van der Waals surface area contributed by atoms with Crippen LogP contribution >= 0.6 is 0 Å². The van der Waals surface area contributed by atoms with E-state index in [1.807, 2.05) is 4.90 Å². The summed E-state index contributed by atoms with van der Waals surface area (Å²) in [6.45, 7) is 1.56. The lowest BCUT2D eigenvalue weighted by molar-refractivity contribution is 0.420. The van der Waals surface area contributed by atoms with Crippen LogP contribution in [-0.2, 0) is 0 Å². The van der Waals surface area contributed by atoms with Gasteiger partial charge in [-0.3, -0.25) is 0 Å². The average molecular weight is 264 g/mol. The van der Waals surface area contributed by atoms with Crippen LogP contribution in [0.3, 0.4) is 0 Å². The third kappa shape index (κ3) is 2.20. The topological polar surface area (TPSA) is 29.3 Å². The summed E-state index contributed by atoms with van der Waals surface area (Å²) in [6.07, 6.45) is 5.87. The Labute approximate surface area is 109 Å². The summed E-state index contributed by atoms with van der Waals surface area (Å²) in [7, 11) is 0. The summed E-state index contributed by atoms with van der Waals surface area (Å²) in [5, 5.41) is 3.51. The lowest BCUT2D eigenvalue weighted by Crippen LogP contribution is -2.30. The molecule has 1 aromatic carbocycles. The Kier molecular flexibility index (Phi) is 3.19. The summed E-state index contributed by atoms with van der Waals surface area (Å²) in [4.78, 5) is 1.90. The van der Waals surface area contributed by atoms with E-state index in [9.17, 15) is 8.78 Å². The number of piperidine rings is 1. The first-order valence-corrected chi connectivity index (χ1v) is 6.40. The monoisotopic (exact) mass is 264 g/mol. The predicted molar refractivity (Wildman–Crippen MR) is 67.9 cm³/mol. The molecule has 1 saturated heterocycles. The molecule has 0 saturated carbocycles. The molecule has 5 heteroatoms. The Morgan fingerprint density at radius 2 is 1.84 bits per heavy atom. The van der Waals surface area contributed by atoms with Gasteiger partial charge in [-0.2, -0.15) is 0 Å². The summed E-state index contributed by atoms with van der Waals surface area (Å²) in [6, 6.07) is 3.21. The van der Waals surface area contributed by atoms with Gasteiger partial charge in [0.25, 0.3) is 0 Å². The molecule has 0 unspecified atom stereocenters. The quantitative estimate of drug-likeness (QED) is 0.829. The van der Waals surface area contributed by atoms with Crippen LogP contribution in [0.25, 0.3) is 11.1 Å². The van der Waals surface area contributed by atoms with E-state index >= 15 is 0 Å². The van der Waals surface area contributed by atoms with Crippen LogP contribution in [0.2, 0.25) is 0 Å². The number of hydrogen-bond acceptors (Lipinski definition) is 3. The zero-order chi connectivity index (χ0) is 13.2. The summed E-state index contributed by atoms with van der Waals surface area (Å²) in [5.41, 5.74) is 0.971. The van der Waals surface area contributed by atoms with Crippen molar-refractivity contribution >= 4 is 5.69 Å². The van der Waals surface area contributed by atoms with Crippen molar-refractivity contribution in [3.63, 3.8) is 0 Å². The van der Waals surface area contributed by atoms with Crippen molar-refractivity contribution in [2.75, 3.05) is 18.0 Å². The molecule has 0 aliphatic carbocycles. The van der Waals surface area contributed by atoms with Gasteiger partial charge in [0.15, 0.2) is 11.6 Å². The van der Waals surface area contributed by atoms with Gasteiger partial charge in [0.2, 0.25) is 0 Å². The maximum Gasteiger partial charge on any atom is 0.182 e. The number of benzene rings is 1. The molecule has 1 aliphatic heterocycles. The van der Waals surface area contributed by atoms with E-state index in [1.165, 1.54) is 12.5 Å². The van der Waals surface area contributed by atoms with Crippen LogP contribution < -0.4 is 4.90 Å². The first-order chi connectivity index (χ1) is 9.27. The highest BCUT2D eigenvalue weighted by molar-refractivity contribution is 5.66. The molecule has 0 amide bonds. The fourth-order valence-electron chi connectivity index (χ4n) is 2.48. The molecule has 1 fully saturated rings. The molecular formula is C14H14F2N2O. The fourth-order valence-corrected chi connectivity index (χ4v) is 2.48. The van der Waals surface area contributed by atoms with Gasteiger partial charge in [-0.25, -0.2) is 8.78 Å². The largest absolute Gasteiger partial charge is 0.369 e. The molecule has 0 spiro atoms. The predicted octanol–water partition coefficient (Wildman–Crippen LogP) is 3.61. The molecule has 2 heterocycles. The molecule has 2 aromatic rings. The maximum atomic E-state index is 14.2. The van der Waals surface area contributed by atoms with Crippen LogP contribution in [0.5, 0.6) is 0 Å². The van der Waals surface area contributed by atoms with Gasteiger partial charge in [-0.05, 0) is 31.4 Å². The van der Waals surface area contributed by atoms with Gasteiger partial charge in [-0.1, -0.05) is 5.16 Å². The van der Waals surface area contributed by atoms with E-state index in [0.717, 1.165) is 32.4 Å². The second-order valence-corrected chi connectivity index (χ2v) is 4.72. The van der Waals surface area contributed by atoms with Crippen LogP contribution in [0.4, 0.5) is 14.5 Å². The van der Waals surface area contributed by atoms with E-state index in [2.05, 4.69) is 9.68 Å². The SMILES string of the molecule is Fc1c(-c2cnoc2)ccc(N2CCCCC2)c1F. The zero-order valence-electron chi connectivity index (χ0n) is 10.4. The Balaban J connectivity index is 1.98. The molecular weight excluding hydrogens is 250 g/mol. The third-order valence-corrected chi connectivity index (χ3v) is 3.50. The van der Waals surface area contributed by atoms with Gasteiger partial charge in [0, 0.05) is 24.2 Å². The minimum atomic E-state index is -0.841. The number of halogens is 2. The maximum absolute atomic E-state index is 14.2. The number of anilines is 1. The Morgan fingerprint density at radius 3 is 2.53 bits per heavy atom. The van der Waals surface area contributed by atoms with Crippen molar-refractivity contribution in [1.29, 1.82) is 0 Å². The van der Waals surface area contributed by atoms with E-state index < -0.39 is 11.6 Å². The van der Waals surface area contributed by atoms with Crippen LogP contribution in [0.15, 0.2) is 29.1 Å². The van der Waals surface area contributed by atoms with Crippen molar-refractivity contribution in [1.82, 2.24) is 5.16 Å². The molecule has 1 aromatic heterocycles. The standard InChI is InChI=1S/C14H14F2N2O/c15-13-11(10-8-17-19-9-10)4-5-12(14(13)16)18-6-2-1-3-7-18/h4-5,8-9H,1-3,6-7H2. The third-order valence-electron chi connectivity index (χ3n) is 3.50. The molecule has 1 aliphatic rings. The summed E-state index contributed by atoms with van der Waals surface area (Å²) >= 11 is 0. The Hall–Kier alpha value is -1.91. The van der Waals surface area contributed by atoms with Crippen molar-refractivity contribution in [2.24, 2.45) is 0 Å². The van der Waals surface area contributed by atoms with Crippen LogP contribution in [0, 0.1) is 11.6 Å². The molecule has 100 valence electrons. The Bertz CT molecular complexity index is 563. The smallest absolute Gasteiger partial charge is 0.182 e. The minimum absolute atomic E-state index is 0.180. The highest BCUT2D eigenvalue weighted by Gasteiger charge is 2.20. The number of nitrogens with zero attached hydrogens (tertiary/aromatic N) is 2. The number of rotatable bonds is 2. The molecule has 3 nitrogen and oxygen atoms in total. The van der Waals surface area contributed by atoms with Crippen molar-refractivity contribution < 1.29 is 13.3 Å². The van der Waals surface area contributed by atoms with E-state index in [-0.39, 0.29) is 5.56 Å². The van der Waals surface area contributed by atoms with E-state index in [0.29, 0.717) is 11.3 Å². The second-order valence-electron chi connectivity index (χ2n) is 4.72. The van der Waals surface area contributed by atoms with Gasteiger partial charge in [0.1, 0.15) is 6.26 Å². The number of aromatic nitrogens is 1. The summed E-state index contributed by atoms with van der Waals surface area (Å²) < 4.78 is 32.9. The molecule has 0 bridgehead atoms. The zero-order valence-corrected chi connectivity index (χ0v) is 10.4. The van der Waals surface area contributed by atoms with Gasteiger partial charge < -0.3 is 9.42 Å². The highest BCUT2D eigenvalue weighted by Crippen LogP contribution is 2.31. The van der Waals surface area contributed by atoms with Crippen molar-refractivity contribution in [2.45, 2.75) is 19.3 Å². The Morgan fingerprint density at radius 1 is 1.05 bits per heavy atom. The first kappa shape index (κ1) is 12.1. The van der Waals surface area contributed by atoms with Gasteiger partial charge in [0.05, 0.1) is 11.9 Å². The van der Waals surface area contributed by atoms with Crippen molar-refractivity contribution in [3.05, 3.63) is 36.2 Å². The average Bonchev–Trinajstić information content (AvgIpc) is 2.97. The summed E-state index contributed by atoms with van der Waals surface area (Å²) in [5.74, 6) is -1.63.